The van der Waals surface area contributed by atoms with E-state index in [0.29, 0.717) is 10.7 Å². The minimum absolute atomic E-state index is 0.110. The molecule has 1 aliphatic carbocycles. The number of alkyl carbamates (subject to hydrolysis) is 1. The highest BCUT2D eigenvalue weighted by Gasteiger charge is 2.40. The summed E-state index contributed by atoms with van der Waals surface area (Å²) < 4.78 is 5.29. The molecule has 1 saturated carbocycles. The first-order chi connectivity index (χ1) is 16.9. The molecule has 194 valence electrons. The fraction of sp³-hybridized carbons (Fsp3) is 0.464. The number of amides is 3. The van der Waals surface area contributed by atoms with E-state index >= 15 is 0 Å². The Labute approximate surface area is 218 Å². The van der Waals surface area contributed by atoms with E-state index in [2.05, 4.69) is 10.6 Å². The molecule has 7 nitrogen and oxygen atoms in total. The maximum Gasteiger partial charge on any atom is 0.408 e. The maximum absolute atomic E-state index is 13.9. The molecule has 3 amide bonds. The van der Waals surface area contributed by atoms with Gasteiger partial charge in [-0.3, -0.25) is 9.59 Å². The molecule has 1 aliphatic rings. The van der Waals surface area contributed by atoms with Gasteiger partial charge in [-0.2, -0.15) is 0 Å². The lowest BCUT2D eigenvalue weighted by atomic mass is 9.87. The van der Waals surface area contributed by atoms with Crippen LogP contribution >= 0.6 is 11.6 Å². The molecular weight excluding hydrogens is 478 g/mol. The van der Waals surface area contributed by atoms with Crippen molar-refractivity contribution in [3.8, 4) is 0 Å². The van der Waals surface area contributed by atoms with E-state index in [4.69, 9.17) is 16.3 Å². The van der Waals surface area contributed by atoms with Gasteiger partial charge in [0.2, 0.25) is 5.91 Å². The lowest BCUT2D eigenvalue weighted by Gasteiger charge is -2.42. The third-order valence-electron chi connectivity index (χ3n) is 6.48. The van der Waals surface area contributed by atoms with Crippen LogP contribution in [0.4, 0.5) is 10.5 Å². The van der Waals surface area contributed by atoms with E-state index < -0.39 is 17.7 Å². The summed E-state index contributed by atoms with van der Waals surface area (Å²) in [5.74, 6) is -0.695. The van der Waals surface area contributed by atoms with Crippen LogP contribution in [0.25, 0.3) is 0 Å². The highest BCUT2D eigenvalue weighted by molar-refractivity contribution is 6.34. The number of nitrogens with one attached hydrogen (secondary N) is 2. The zero-order valence-corrected chi connectivity index (χ0v) is 22.7. The number of nitrogens with zero attached hydrogens (tertiary/aromatic N) is 1. The third kappa shape index (κ3) is 6.58. The average Bonchev–Trinajstić information content (AvgIpc) is 2.74. The van der Waals surface area contributed by atoms with Crippen LogP contribution in [0.15, 0.2) is 36.4 Å². The second kappa shape index (κ2) is 11.3. The molecule has 2 N–H and O–H groups in total. The van der Waals surface area contributed by atoms with Crippen LogP contribution in [-0.2, 0) is 14.3 Å². The van der Waals surface area contributed by atoms with Gasteiger partial charge in [0.15, 0.2) is 0 Å². The summed E-state index contributed by atoms with van der Waals surface area (Å²) in [4.78, 5) is 41.4. The van der Waals surface area contributed by atoms with Gasteiger partial charge < -0.3 is 20.3 Å². The molecule has 3 rings (SSSR count). The Bertz CT molecular complexity index is 1120. The Morgan fingerprint density at radius 3 is 2.28 bits per heavy atom. The molecule has 1 fully saturated rings. The number of hydrogen-bond donors (Lipinski definition) is 2. The van der Waals surface area contributed by atoms with E-state index in [1.807, 2.05) is 51.1 Å². The number of rotatable bonds is 7. The molecule has 36 heavy (non-hydrogen) atoms. The van der Waals surface area contributed by atoms with Gasteiger partial charge in [-0.15, -0.1) is 0 Å². The van der Waals surface area contributed by atoms with Crippen LogP contribution in [0.3, 0.4) is 0 Å². The second-order valence-electron chi connectivity index (χ2n) is 10.4. The first-order valence-corrected chi connectivity index (χ1v) is 12.7. The molecule has 0 spiro atoms. The van der Waals surface area contributed by atoms with Crippen LogP contribution in [0.2, 0.25) is 5.02 Å². The van der Waals surface area contributed by atoms with Crippen LogP contribution in [-0.4, -0.2) is 41.0 Å². The number of anilines is 1. The van der Waals surface area contributed by atoms with Crippen molar-refractivity contribution in [3.05, 3.63) is 63.7 Å². The van der Waals surface area contributed by atoms with Gasteiger partial charge in [-0.05, 0) is 89.1 Å². The lowest BCUT2D eigenvalue weighted by Crippen LogP contribution is -2.53. The Kier molecular flexibility index (Phi) is 8.67. The number of ether oxygens (including phenoxy) is 1. The highest BCUT2D eigenvalue weighted by Crippen LogP contribution is 2.36. The Morgan fingerprint density at radius 1 is 1.06 bits per heavy atom. The summed E-state index contributed by atoms with van der Waals surface area (Å²) in [6.45, 7) is 10.8. The van der Waals surface area contributed by atoms with Crippen molar-refractivity contribution >= 4 is 35.2 Å². The predicted molar refractivity (Wildman–Crippen MR) is 142 cm³/mol. The predicted octanol–water partition coefficient (Wildman–Crippen LogP) is 5.85. The largest absolute Gasteiger partial charge is 0.444 e. The molecule has 2 aromatic rings. The molecular formula is C28H36ClN3O4. The van der Waals surface area contributed by atoms with E-state index in [1.54, 1.807) is 31.7 Å². The number of hydrogen-bond acceptors (Lipinski definition) is 4. The molecule has 8 heteroatoms. The lowest BCUT2D eigenvalue weighted by molar-refractivity contribution is -0.143. The van der Waals surface area contributed by atoms with E-state index in [9.17, 15) is 14.4 Å². The monoisotopic (exact) mass is 513 g/mol. The summed E-state index contributed by atoms with van der Waals surface area (Å²) in [6, 6.07) is 10.2. The van der Waals surface area contributed by atoms with Crippen LogP contribution in [0.5, 0.6) is 0 Å². The van der Waals surface area contributed by atoms with Crippen molar-refractivity contribution in [3.63, 3.8) is 0 Å². The van der Waals surface area contributed by atoms with Crippen molar-refractivity contribution in [2.45, 2.75) is 78.5 Å². The van der Waals surface area contributed by atoms with E-state index in [1.165, 1.54) is 0 Å². The van der Waals surface area contributed by atoms with Gasteiger partial charge >= 0.3 is 6.09 Å². The molecule has 0 bridgehead atoms. The number of halogens is 1. The van der Waals surface area contributed by atoms with Gasteiger partial charge in [-0.25, -0.2) is 4.79 Å². The first kappa shape index (κ1) is 27.5. The van der Waals surface area contributed by atoms with Crippen LogP contribution < -0.4 is 10.6 Å². The van der Waals surface area contributed by atoms with Crippen LogP contribution in [0.1, 0.15) is 68.3 Å². The molecule has 0 saturated heterocycles. The van der Waals surface area contributed by atoms with Crippen molar-refractivity contribution in [2.24, 2.45) is 0 Å². The fourth-order valence-electron chi connectivity index (χ4n) is 4.25. The van der Waals surface area contributed by atoms with Crippen molar-refractivity contribution < 1.29 is 19.1 Å². The molecule has 0 aromatic heterocycles. The average molecular weight is 514 g/mol. The zero-order chi connectivity index (χ0) is 26.6. The zero-order valence-electron chi connectivity index (χ0n) is 21.9. The maximum atomic E-state index is 13.9. The van der Waals surface area contributed by atoms with Crippen molar-refractivity contribution in [1.82, 2.24) is 10.2 Å². The molecule has 2 aromatic carbocycles. The molecule has 1 atom stereocenters. The molecule has 1 unspecified atom stereocenters. The summed E-state index contributed by atoms with van der Waals surface area (Å²) >= 11 is 6.40. The summed E-state index contributed by atoms with van der Waals surface area (Å²) in [6.07, 6.45) is 1.87. The van der Waals surface area contributed by atoms with Crippen molar-refractivity contribution in [2.75, 3.05) is 11.9 Å². The molecule has 0 heterocycles. The number of para-hydroxylation sites is 1. The van der Waals surface area contributed by atoms with Gasteiger partial charge in [0.1, 0.15) is 18.2 Å². The molecule has 0 radical (unpaired) electrons. The van der Waals surface area contributed by atoms with Gasteiger partial charge in [0, 0.05) is 6.04 Å². The quantitative estimate of drug-likeness (QED) is 0.486. The highest BCUT2D eigenvalue weighted by atomic mass is 35.5. The second-order valence-corrected chi connectivity index (χ2v) is 10.8. The topological polar surface area (TPSA) is 87.7 Å². The number of aryl methyl sites for hydroxylation is 2. The summed E-state index contributed by atoms with van der Waals surface area (Å²) in [5.41, 5.74) is 3.36. The van der Waals surface area contributed by atoms with E-state index in [0.717, 1.165) is 41.5 Å². The Hall–Kier alpha value is -3.06. The standard InChI is InChI=1S/C28H36ClN3O4/c1-17-10-7-14-21(19(17)3)25(26(34)31-24-18(2)11-8-15-22(24)29)32(20-12-9-13-20)23(33)16-30-27(35)36-28(4,5)6/h7-8,10-11,14-15,20,25H,9,12-13,16H2,1-6H3,(H,30,35)(H,31,34). The summed E-state index contributed by atoms with van der Waals surface area (Å²) in [5, 5.41) is 5.96. The minimum atomic E-state index is -0.890. The number of carbonyl (C=O) groups excluding carboxylic acids is 3. The van der Waals surface area contributed by atoms with Gasteiger partial charge in [-0.1, -0.05) is 41.9 Å². The Morgan fingerprint density at radius 2 is 1.69 bits per heavy atom. The fourth-order valence-corrected chi connectivity index (χ4v) is 4.51. The van der Waals surface area contributed by atoms with Crippen molar-refractivity contribution in [1.29, 1.82) is 0 Å². The minimum Gasteiger partial charge on any atom is -0.444 e. The SMILES string of the molecule is Cc1cccc(C(C(=O)Nc2c(C)cccc2Cl)N(C(=O)CNC(=O)OC(C)(C)C)C2CCC2)c1C. The van der Waals surface area contributed by atoms with Gasteiger partial charge in [0.25, 0.3) is 5.91 Å². The summed E-state index contributed by atoms with van der Waals surface area (Å²) in [7, 11) is 0. The first-order valence-electron chi connectivity index (χ1n) is 12.3. The van der Waals surface area contributed by atoms with E-state index in [-0.39, 0.29) is 24.4 Å². The Balaban J connectivity index is 1.98. The molecule has 0 aliphatic heterocycles. The smallest absolute Gasteiger partial charge is 0.408 e. The van der Waals surface area contributed by atoms with Crippen LogP contribution in [0, 0.1) is 20.8 Å². The number of carbonyl (C=O) groups is 3. The number of benzene rings is 2. The third-order valence-corrected chi connectivity index (χ3v) is 6.79. The van der Waals surface area contributed by atoms with Gasteiger partial charge in [0.05, 0.1) is 10.7 Å². The normalized spacial score (nSPS) is 14.4.